The lowest BCUT2D eigenvalue weighted by atomic mass is 10.2. The summed E-state index contributed by atoms with van der Waals surface area (Å²) in [6, 6.07) is 3.67. The predicted octanol–water partition coefficient (Wildman–Crippen LogP) is 2.10. The van der Waals surface area contributed by atoms with Gasteiger partial charge in [-0.15, -0.1) is 0 Å². The lowest BCUT2D eigenvalue weighted by Crippen LogP contribution is -2.18. The topological polar surface area (TPSA) is 90.3 Å². The van der Waals surface area contributed by atoms with Crippen molar-refractivity contribution >= 4 is 21.7 Å². The van der Waals surface area contributed by atoms with Crippen molar-refractivity contribution in [3.63, 3.8) is 0 Å². The third-order valence-electron chi connectivity index (χ3n) is 3.23. The van der Waals surface area contributed by atoms with Crippen LogP contribution >= 0.6 is 0 Å². The number of rotatable bonds is 6. The van der Waals surface area contributed by atoms with Crippen LogP contribution in [-0.4, -0.2) is 30.8 Å². The van der Waals surface area contributed by atoms with Gasteiger partial charge in [-0.3, -0.25) is 9.40 Å². The number of ether oxygens (including phenoxy) is 1. The highest BCUT2D eigenvalue weighted by Crippen LogP contribution is 2.24. The average Bonchev–Trinajstić information content (AvgIpc) is 2.89. The van der Waals surface area contributed by atoms with Crippen molar-refractivity contribution in [2.45, 2.75) is 25.2 Å². The van der Waals surface area contributed by atoms with Crippen molar-refractivity contribution < 1.29 is 22.3 Å². The molecule has 0 saturated heterocycles. The maximum absolute atomic E-state index is 14.0. The second kappa shape index (κ2) is 7.00. The molecule has 7 nitrogen and oxygen atoms in total. The normalized spacial score (nSPS) is 11.3. The Morgan fingerprint density at radius 1 is 1.38 bits per heavy atom. The number of nitrogens with one attached hydrogen (secondary N) is 1. The summed E-state index contributed by atoms with van der Waals surface area (Å²) in [5, 5.41) is 4.07. The maximum atomic E-state index is 14.0. The average molecular weight is 355 g/mol. The summed E-state index contributed by atoms with van der Waals surface area (Å²) in [5.74, 6) is -1.80. The van der Waals surface area contributed by atoms with E-state index in [2.05, 4.69) is 9.82 Å². The van der Waals surface area contributed by atoms with Crippen LogP contribution in [0.2, 0.25) is 0 Å². The first-order valence-electron chi connectivity index (χ1n) is 7.31. The molecule has 0 atom stereocenters. The molecule has 0 bridgehead atoms. The summed E-state index contributed by atoms with van der Waals surface area (Å²) in [7, 11) is -2.43. The van der Waals surface area contributed by atoms with Gasteiger partial charge in [0.05, 0.1) is 18.0 Å². The van der Waals surface area contributed by atoms with Gasteiger partial charge in [0.1, 0.15) is 16.3 Å². The summed E-state index contributed by atoms with van der Waals surface area (Å²) in [6.45, 7) is 3.39. The number of aromatic nitrogens is 2. The van der Waals surface area contributed by atoms with E-state index in [-0.39, 0.29) is 17.2 Å². The molecule has 9 heteroatoms. The molecule has 130 valence electrons. The molecular weight excluding hydrogens is 337 g/mol. The van der Waals surface area contributed by atoms with Crippen LogP contribution in [0.3, 0.4) is 0 Å². The third-order valence-corrected chi connectivity index (χ3v) is 4.64. The first-order chi connectivity index (χ1) is 11.3. The molecule has 2 aromatic rings. The Morgan fingerprint density at radius 2 is 2.08 bits per heavy atom. The Labute approximate surface area is 139 Å². The fourth-order valence-electron chi connectivity index (χ4n) is 2.20. The van der Waals surface area contributed by atoms with E-state index < -0.39 is 27.4 Å². The molecular formula is C15H18FN3O4S. The van der Waals surface area contributed by atoms with E-state index in [4.69, 9.17) is 4.74 Å². The Morgan fingerprint density at radius 3 is 2.71 bits per heavy atom. The van der Waals surface area contributed by atoms with E-state index >= 15 is 0 Å². The third kappa shape index (κ3) is 3.56. The number of carbonyl (C=O) groups excluding carboxylic acids is 1. The molecule has 0 spiro atoms. The molecule has 0 amide bonds. The second-order valence-electron chi connectivity index (χ2n) is 4.96. The number of aryl methyl sites for hydroxylation is 2. The highest BCUT2D eigenvalue weighted by molar-refractivity contribution is 7.92. The summed E-state index contributed by atoms with van der Waals surface area (Å²) >= 11 is 0. The SMILES string of the molecule is CCOC(=O)c1c(F)cccc1NS(=O)(=O)c1cn(C)nc1CC. The summed E-state index contributed by atoms with van der Waals surface area (Å²) < 4.78 is 47.6. The van der Waals surface area contributed by atoms with Crippen LogP contribution in [0, 0.1) is 5.82 Å². The second-order valence-corrected chi connectivity index (χ2v) is 6.61. The minimum atomic E-state index is -4.03. The van der Waals surface area contributed by atoms with Crippen LogP contribution in [0.15, 0.2) is 29.3 Å². The van der Waals surface area contributed by atoms with E-state index in [9.17, 15) is 17.6 Å². The highest BCUT2D eigenvalue weighted by Gasteiger charge is 2.25. The Kier molecular flexibility index (Phi) is 5.23. The molecule has 0 unspecified atom stereocenters. The summed E-state index contributed by atoms with van der Waals surface area (Å²) in [5.41, 5.74) is -0.261. The molecule has 0 fully saturated rings. The number of esters is 1. The zero-order valence-electron chi connectivity index (χ0n) is 13.5. The highest BCUT2D eigenvalue weighted by atomic mass is 32.2. The molecule has 0 radical (unpaired) electrons. The van der Waals surface area contributed by atoms with Crippen LogP contribution in [0.1, 0.15) is 29.9 Å². The van der Waals surface area contributed by atoms with Crippen molar-refractivity contribution in [3.05, 3.63) is 41.5 Å². The van der Waals surface area contributed by atoms with Gasteiger partial charge in [0.25, 0.3) is 10.0 Å². The maximum Gasteiger partial charge on any atom is 0.343 e. The minimum absolute atomic E-state index is 0.0217. The molecule has 0 aliphatic heterocycles. The van der Waals surface area contributed by atoms with Gasteiger partial charge < -0.3 is 4.74 Å². The molecule has 0 aliphatic carbocycles. The lowest BCUT2D eigenvalue weighted by molar-refractivity contribution is 0.0522. The number of benzene rings is 1. The Bertz CT molecular complexity index is 862. The molecule has 2 rings (SSSR count). The standard InChI is InChI=1S/C15H18FN3O4S/c1-4-11-13(9-19(3)17-11)24(21,22)18-12-8-6-7-10(16)14(12)15(20)23-5-2/h6-9,18H,4-5H2,1-3H3. The minimum Gasteiger partial charge on any atom is -0.462 e. The number of hydrogen-bond donors (Lipinski definition) is 1. The van der Waals surface area contributed by atoms with Crippen molar-refractivity contribution in [1.82, 2.24) is 9.78 Å². The molecule has 1 heterocycles. The zero-order chi connectivity index (χ0) is 17.9. The van der Waals surface area contributed by atoms with Gasteiger partial charge in [-0.1, -0.05) is 13.0 Å². The van der Waals surface area contributed by atoms with Gasteiger partial charge in [-0.2, -0.15) is 5.10 Å². The zero-order valence-corrected chi connectivity index (χ0v) is 14.4. The molecule has 0 aliphatic rings. The van der Waals surface area contributed by atoms with Crippen molar-refractivity contribution in [2.75, 3.05) is 11.3 Å². The van der Waals surface area contributed by atoms with Gasteiger partial charge in [-0.05, 0) is 25.5 Å². The Hall–Kier alpha value is -2.42. The van der Waals surface area contributed by atoms with E-state index in [0.717, 1.165) is 6.07 Å². The van der Waals surface area contributed by atoms with Crippen molar-refractivity contribution in [2.24, 2.45) is 7.05 Å². The van der Waals surface area contributed by atoms with Gasteiger partial charge in [0.2, 0.25) is 0 Å². The summed E-state index contributed by atoms with van der Waals surface area (Å²) in [4.78, 5) is 11.9. The molecule has 1 aromatic carbocycles. The van der Waals surface area contributed by atoms with Crippen LogP contribution in [0.5, 0.6) is 0 Å². The molecule has 24 heavy (non-hydrogen) atoms. The van der Waals surface area contributed by atoms with Crippen molar-refractivity contribution in [3.8, 4) is 0 Å². The van der Waals surface area contributed by atoms with E-state index in [1.165, 1.54) is 23.0 Å². The molecule has 0 saturated carbocycles. The number of halogens is 1. The van der Waals surface area contributed by atoms with Crippen molar-refractivity contribution in [1.29, 1.82) is 0 Å². The number of anilines is 1. The predicted molar refractivity (Wildman–Crippen MR) is 85.8 cm³/mol. The van der Waals surface area contributed by atoms with Gasteiger partial charge in [0, 0.05) is 13.2 Å². The largest absolute Gasteiger partial charge is 0.462 e. The number of nitrogens with zero attached hydrogens (tertiary/aromatic N) is 2. The van der Waals surface area contributed by atoms with Gasteiger partial charge in [-0.25, -0.2) is 17.6 Å². The number of sulfonamides is 1. The molecule has 1 N–H and O–H groups in total. The fourth-order valence-corrected chi connectivity index (χ4v) is 3.56. The summed E-state index contributed by atoms with van der Waals surface area (Å²) in [6.07, 6.45) is 1.76. The van der Waals surface area contributed by atoms with E-state index in [1.807, 2.05) is 0 Å². The Balaban J connectivity index is 2.47. The first-order valence-corrected chi connectivity index (χ1v) is 8.79. The van der Waals surface area contributed by atoms with E-state index in [0.29, 0.717) is 12.1 Å². The smallest absolute Gasteiger partial charge is 0.343 e. The van der Waals surface area contributed by atoms with E-state index in [1.54, 1.807) is 20.9 Å². The van der Waals surface area contributed by atoms with Gasteiger partial charge in [0.15, 0.2) is 0 Å². The van der Waals surface area contributed by atoms with Crippen LogP contribution < -0.4 is 4.72 Å². The quantitative estimate of drug-likeness (QED) is 0.802. The number of hydrogen-bond acceptors (Lipinski definition) is 5. The van der Waals surface area contributed by atoms with Crippen LogP contribution in [-0.2, 0) is 28.2 Å². The first kappa shape index (κ1) is 17.9. The van der Waals surface area contributed by atoms with Crippen LogP contribution in [0.25, 0.3) is 0 Å². The van der Waals surface area contributed by atoms with Gasteiger partial charge >= 0.3 is 5.97 Å². The monoisotopic (exact) mass is 355 g/mol. The molecule has 1 aromatic heterocycles. The lowest BCUT2D eigenvalue weighted by Gasteiger charge is -2.12. The van der Waals surface area contributed by atoms with Crippen LogP contribution in [0.4, 0.5) is 10.1 Å². The fraction of sp³-hybridized carbons (Fsp3) is 0.333. The number of carbonyl (C=O) groups is 1.